The monoisotopic (exact) mass is 256 g/mol. The Bertz CT molecular complexity index is 506. The average molecular weight is 256 g/mol. The maximum absolute atomic E-state index is 11.3. The number of sulfone groups is 1. The molecule has 1 unspecified atom stereocenters. The predicted octanol–water partition coefficient (Wildman–Crippen LogP) is -0.0412. The Balaban J connectivity index is 1.53. The fraction of sp³-hybridized carbons (Fsp3) is 0.800. The van der Waals surface area contributed by atoms with Gasteiger partial charge in [-0.25, -0.2) is 13.4 Å². The van der Waals surface area contributed by atoms with Gasteiger partial charge < -0.3 is 5.32 Å². The molecule has 2 aliphatic rings. The van der Waals surface area contributed by atoms with Gasteiger partial charge in [0, 0.05) is 12.0 Å². The van der Waals surface area contributed by atoms with Crippen molar-refractivity contribution in [1.82, 2.24) is 20.5 Å². The molecule has 1 aromatic heterocycles. The molecule has 3 rings (SSSR count). The van der Waals surface area contributed by atoms with Gasteiger partial charge in [0.15, 0.2) is 15.7 Å². The molecule has 1 atom stereocenters. The van der Waals surface area contributed by atoms with E-state index in [0.717, 1.165) is 11.6 Å². The fourth-order valence-electron chi connectivity index (χ4n) is 2.11. The van der Waals surface area contributed by atoms with Crippen LogP contribution in [0, 0.1) is 0 Å². The van der Waals surface area contributed by atoms with Crippen LogP contribution in [0.4, 0.5) is 0 Å². The lowest BCUT2D eigenvalue weighted by molar-refractivity contribution is 0.542. The van der Waals surface area contributed by atoms with Gasteiger partial charge in [-0.05, 0) is 19.3 Å². The molecule has 17 heavy (non-hydrogen) atoms. The molecule has 7 heteroatoms. The second-order valence-corrected chi connectivity index (χ2v) is 7.12. The number of hydrogen-bond donors (Lipinski definition) is 2. The van der Waals surface area contributed by atoms with Crippen LogP contribution < -0.4 is 5.32 Å². The summed E-state index contributed by atoms with van der Waals surface area (Å²) in [6, 6.07) is 0.0643. The lowest BCUT2D eigenvalue weighted by Crippen LogP contribution is -2.29. The zero-order valence-corrected chi connectivity index (χ0v) is 10.3. The predicted molar refractivity (Wildman–Crippen MR) is 62.3 cm³/mol. The van der Waals surface area contributed by atoms with Gasteiger partial charge in [-0.2, -0.15) is 5.10 Å². The molecule has 0 aromatic carbocycles. The minimum atomic E-state index is -2.81. The van der Waals surface area contributed by atoms with Crippen LogP contribution in [0.3, 0.4) is 0 Å². The van der Waals surface area contributed by atoms with E-state index < -0.39 is 9.84 Å². The second kappa shape index (κ2) is 4.06. The van der Waals surface area contributed by atoms with E-state index in [9.17, 15) is 8.42 Å². The van der Waals surface area contributed by atoms with Crippen LogP contribution >= 0.6 is 0 Å². The Morgan fingerprint density at radius 1 is 1.35 bits per heavy atom. The van der Waals surface area contributed by atoms with E-state index in [-0.39, 0.29) is 11.8 Å². The molecule has 94 valence electrons. The van der Waals surface area contributed by atoms with Crippen molar-refractivity contribution in [3.63, 3.8) is 0 Å². The van der Waals surface area contributed by atoms with Crippen LogP contribution in [0.1, 0.15) is 36.8 Å². The molecule has 1 saturated heterocycles. The molecule has 1 aromatic rings. The number of nitrogens with zero attached hydrogens (tertiary/aromatic N) is 2. The highest BCUT2D eigenvalue weighted by Gasteiger charge is 2.29. The molecule has 2 N–H and O–H groups in total. The highest BCUT2D eigenvalue weighted by Crippen LogP contribution is 2.37. The zero-order valence-electron chi connectivity index (χ0n) is 9.52. The fourth-order valence-corrected chi connectivity index (χ4v) is 3.82. The van der Waals surface area contributed by atoms with E-state index in [4.69, 9.17) is 0 Å². The number of aromatic nitrogens is 3. The molecular formula is C10H16N4O2S. The third-order valence-electron chi connectivity index (χ3n) is 3.28. The van der Waals surface area contributed by atoms with Gasteiger partial charge in [0.05, 0.1) is 18.1 Å². The van der Waals surface area contributed by atoms with Crippen molar-refractivity contribution in [3.05, 3.63) is 11.6 Å². The quantitative estimate of drug-likeness (QED) is 0.789. The van der Waals surface area contributed by atoms with Crippen LogP contribution in [0.2, 0.25) is 0 Å². The first-order valence-corrected chi connectivity index (χ1v) is 7.79. The lowest BCUT2D eigenvalue weighted by atomic mass is 10.2. The van der Waals surface area contributed by atoms with Crippen LogP contribution in [0.5, 0.6) is 0 Å². The molecular weight excluding hydrogens is 240 g/mol. The molecule has 1 saturated carbocycles. The van der Waals surface area contributed by atoms with Crippen molar-refractivity contribution in [1.29, 1.82) is 0 Å². The van der Waals surface area contributed by atoms with Crippen molar-refractivity contribution in [2.75, 3.05) is 11.5 Å². The lowest BCUT2D eigenvalue weighted by Gasteiger charge is -2.07. The summed E-state index contributed by atoms with van der Waals surface area (Å²) in [6.45, 7) is 0.569. The Labute approximate surface area is 100 Å². The third kappa shape index (κ3) is 2.66. The summed E-state index contributed by atoms with van der Waals surface area (Å²) < 4.78 is 22.6. The standard InChI is InChI=1S/C10H16N4O2S/c15-17(16)4-3-8(6-17)11-5-9-12-10(14-13-9)7-1-2-7/h7-8,11H,1-6H2,(H,12,13,14). The van der Waals surface area contributed by atoms with Crippen molar-refractivity contribution < 1.29 is 8.42 Å². The summed E-state index contributed by atoms with van der Waals surface area (Å²) >= 11 is 0. The average Bonchev–Trinajstić information content (AvgIpc) is 2.92. The topological polar surface area (TPSA) is 87.7 Å². The number of aromatic amines is 1. The Morgan fingerprint density at radius 2 is 2.18 bits per heavy atom. The van der Waals surface area contributed by atoms with E-state index in [1.165, 1.54) is 12.8 Å². The van der Waals surface area contributed by atoms with Crippen LogP contribution in [0.15, 0.2) is 0 Å². The van der Waals surface area contributed by atoms with Crippen molar-refractivity contribution in [2.45, 2.75) is 37.8 Å². The van der Waals surface area contributed by atoms with Crippen molar-refractivity contribution in [3.8, 4) is 0 Å². The Hall–Kier alpha value is -0.950. The van der Waals surface area contributed by atoms with Crippen LogP contribution in [-0.2, 0) is 16.4 Å². The molecule has 2 fully saturated rings. The Morgan fingerprint density at radius 3 is 2.82 bits per heavy atom. The SMILES string of the molecule is O=S1(=O)CCC(NCc2nc(C3CC3)n[nH]2)C1. The zero-order chi connectivity index (χ0) is 11.9. The van der Waals surface area contributed by atoms with E-state index in [2.05, 4.69) is 20.5 Å². The van der Waals surface area contributed by atoms with Gasteiger partial charge in [-0.1, -0.05) is 0 Å². The van der Waals surface area contributed by atoms with Crippen LogP contribution in [-0.4, -0.2) is 41.1 Å². The van der Waals surface area contributed by atoms with Crippen molar-refractivity contribution >= 4 is 9.84 Å². The summed E-state index contributed by atoms with van der Waals surface area (Å²) in [5.41, 5.74) is 0. The second-order valence-electron chi connectivity index (χ2n) is 4.90. The van der Waals surface area contributed by atoms with E-state index >= 15 is 0 Å². The first kappa shape index (κ1) is 11.2. The Kier molecular flexibility index (Phi) is 2.67. The molecule has 2 heterocycles. The molecule has 1 aliphatic heterocycles. The summed E-state index contributed by atoms with van der Waals surface area (Å²) in [6.07, 6.45) is 3.07. The number of H-pyrrole nitrogens is 1. The van der Waals surface area contributed by atoms with E-state index in [1.54, 1.807) is 0 Å². The number of rotatable bonds is 4. The number of hydrogen-bond acceptors (Lipinski definition) is 5. The maximum Gasteiger partial charge on any atom is 0.153 e. The van der Waals surface area contributed by atoms with Gasteiger partial charge in [0.1, 0.15) is 5.82 Å². The summed E-state index contributed by atoms with van der Waals surface area (Å²) in [4.78, 5) is 4.39. The molecule has 6 nitrogen and oxygen atoms in total. The number of nitrogens with one attached hydrogen (secondary N) is 2. The third-order valence-corrected chi connectivity index (χ3v) is 5.05. The van der Waals surface area contributed by atoms with Gasteiger partial charge in [0.2, 0.25) is 0 Å². The first-order valence-electron chi connectivity index (χ1n) is 5.97. The van der Waals surface area contributed by atoms with E-state index in [1.807, 2.05) is 0 Å². The van der Waals surface area contributed by atoms with Gasteiger partial charge >= 0.3 is 0 Å². The first-order chi connectivity index (χ1) is 8.12. The van der Waals surface area contributed by atoms with Crippen molar-refractivity contribution in [2.24, 2.45) is 0 Å². The summed E-state index contributed by atoms with van der Waals surface area (Å²) in [5, 5.41) is 10.3. The summed E-state index contributed by atoms with van der Waals surface area (Å²) in [7, 11) is -2.81. The molecule has 0 spiro atoms. The highest BCUT2D eigenvalue weighted by atomic mass is 32.2. The van der Waals surface area contributed by atoms with Gasteiger partial charge in [0.25, 0.3) is 0 Å². The molecule has 0 bridgehead atoms. The highest BCUT2D eigenvalue weighted by molar-refractivity contribution is 7.91. The minimum absolute atomic E-state index is 0.0643. The summed E-state index contributed by atoms with van der Waals surface area (Å²) in [5.74, 6) is 2.80. The van der Waals surface area contributed by atoms with Crippen LogP contribution in [0.25, 0.3) is 0 Å². The molecule has 1 aliphatic carbocycles. The largest absolute Gasteiger partial charge is 0.306 e. The van der Waals surface area contributed by atoms with E-state index in [0.29, 0.717) is 24.6 Å². The normalized spacial score (nSPS) is 27.4. The van der Waals surface area contributed by atoms with Gasteiger partial charge in [-0.15, -0.1) is 0 Å². The van der Waals surface area contributed by atoms with Gasteiger partial charge in [-0.3, -0.25) is 5.10 Å². The maximum atomic E-state index is 11.3. The molecule has 0 amide bonds. The smallest absolute Gasteiger partial charge is 0.153 e. The molecule has 0 radical (unpaired) electrons. The minimum Gasteiger partial charge on any atom is -0.306 e.